The molecule has 1 aliphatic rings. The van der Waals surface area contributed by atoms with Crippen molar-refractivity contribution in [2.24, 2.45) is 0 Å². The zero-order valence-corrected chi connectivity index (χ0v) is 7.90. The van der Waals surface area contributed by atoms with Crippen LogP contribution < -0.4 is 4.90 Å². The van der Waals surface area contributed by atoms with Gasteiger partial charge < -0.3 is 10.0 Å². The standard InChI is InChI=1S/C11H15NO/c1-12(10-6-7-10)11-5-3-2-4-9(11)8-13/h2-5,10,13H,6-8H2,1H3. The summed E-state index contributed by atoms with van der Waals surface area (Å²) in [6.45, 7) is 0.132. The van der Waals surface area contributed by atoms with Gasteiger partial charge in [-0.25, -0.2) is 0 Å². The third-order valence-electron chi connectivity index (χ3n) is 2.64. The number of para-hydroxylation sites is 1. The Morgan fingerprint density at radius 3 is 2.69 bits per heavy atom. The second-order valence-corrected chi connectivity index (χ2v) is 3.63. The first-order valence-electron chi connectivity index (χ1n) is 4.74. The number of aliphatic hydroxyl groups is 1. The van der Waals surface area contributed by atoms with Gasteiger partial charge in [-0.05, 0) is 18.9 Å². The van der Waals surface area contributed by atoms with Gasteiger partial charge in [0.05, 0.1) is 6.61 Å². The zero-order chi connectivity index (χ0) is 9.26. The molecule has 0 amide bonds. The van der Waals surface area contributed by atoms with Crippen LogP contribution in [0.1, 0.15) is 18.4 Å². The van der Waals surface area contributed by atoms with Crippen molar-refractivity contribution in [2.45, 2.75) is 25.5 Å². The Bertz CT molecular complexity index is 294. The molecule has 0 saturated heterocycles. The zero-order valence-electron chi connectivity index (χ0n) is 7.90. The van der Waals surface area contributed by atoms with E-state index < -0.39 is 0 Å². The lowest BCUT2D eigenvalue weighted by Gasteiger charge is -2.21. The number of hydrogen-bond acceptors (Lipinski definition) is 2. The number of nitrogens with zero attached hydrogens (tertiary/aromatic N) is 1. The number of aliphatic hydroxyl groups excluding tert-OH is 1. The van der Waals surface area contributed by atoms with E-state index in [0.29, 0.717) is 6.04 Å². The maximum absolute atomic E-state index is 9.14. The topological polar surface area (TPSA) is 23.5 Å². The first kappa shape index (κ1) is 8.57. The predicted octanol–water partition coefficient (Wildman–Crippen LogP) is 1.78. The minimum atomic E-state index is 0.132. The second-order valence-electron chi connectivity index (χ2n) is 3.63. The lowest BCUT2D eigenvalue weighted by atomic mass is 10.1. The highest BCUT2D eigenvalue weighted by molar-refractivity contribution is 5.54. The molecule has 0 heterocycles. The van der Waals surface area contributed by atoms with E-state index in [1.165, 1.54) is 18.5 Å². The van der Waals surface area contributed by atoms with E-state index in [0.717, 1.165) is 5.56 Å². The monoisotopic (exact) mass is 177 g/mol. The fourth-order valence-corrected chi connectivity index (χ4v) is 1.65. The van der Waals surface area contributed by atoms with E-state index in [2.05, 4.69) is 18.0 Å². The molecular formula is C11H15NO. The molecule has 0 radical (unpaired) electrons. The summed E-state index contributed by atoms with van der Waals surface area (Å²) in [5.74, 6) is 0. The molecule has 1 saturated carbocycles. The molecule has 1 fully saturated rings. The second kappa shape index (κ2) is 3.38. The largest absolute Gasteiger partial charge is 0.392 e. The summed E-state index contributed by atoms with van der Waals surface area (Å²) >= 11 is 0. The highest BCUT2D eigenvalue weighted by Gasteiger charge is 2.27. The molecule has 1 aliphatic carbocycles. The van der Waals surface area contributed by atoms with Crippen LogP contribution in [0.2, 0.25) is 0 Å². The van der Waals surface area contributed by atoms with Gasteiger partial charge in [0, 0.05) is 24.3 Å². The Morgan fingerprint density at radius 1 is 1.38 bits per heavy atom. The van der Waals surface area contributed by atoms with Crippen LogP contribution in [0.4, 0.5) is 5.69 Å². The maximum atomic E-state index is 9.14. The van der Waals surface area contributed by atoms with Gasteiger partial charge in [0.2, 0.25) is 0 Å². The Hall–Kier alpha value is -1.02. The molecule has 0 spiro atoms. The minimum absolute atomic E-state index is 0.132. The van der Waals surface area contributed by atoms with Gasteiger partial charge in [0.15, 0.2) is 0 Å². The predicted molar refractivity (Wildman–Crippen MR) is 53.8 cm³/mol. The van der Waals surface area contributed by atoms with Gasteiger partial charge in [-0.3, -0.25) is 0 Å². The Kier molecular flexibility index (Phi) is 2.23. The van der Waals surface area contributed by atoms with Crippen LogP contribution in [-0.4, -0.2) is 18.2 Å². The van der Waals surface area contributed by atoms with Crippen molar-refractivity contribution in [3.8, 4) is 0 Å². The first-order chi connectivity index (χ1) is 6.33. The van der Waals surface area contributed by atoms with E-state index in [1.54, 1.807) is 0 Å². The van der Waals surface area contributed by atoms with Gasteiger partial charge in [-0.15, -0.1) is 0 Å². The molecule has 1 aromatic carbocycles. The summed E-state index contributed by atoms with van der Waals surface area (Å²) in [4.78, 5) is 2.27. The molecule has 13 heavy (non-hydrogen) atoms. The van der Waals surface area contributed by atoms with Gasteiger partial charge in [-0.1, -0.05) is 18.2 Å². The number of hydrogen-bond donors (Lipinski definition) is 1. The molecule has 0 aromatic heterocycles. The number of rotatable bonds is 3. The summed E-state index contributed by atoms with van der Waals surface area (Å²) in [6, 6.07) is 8.74. The highest BCUT2D eigenvalue weighted by Crippen LogP contribution is 2.31. The highest BCUT2D eigenvalue weighted by atomic mass is 16.3. The Balaban J connectivity index is 2.26. The lowest BCUT2D eigenvalue weighted by molar-refractivity contribution is 0.282. The molecular weight excluding hydrogens is 162 g/mol. The number of anilines is 1. The van der Waals surface area contributed by atoms with E-state index in [1.807, 2.05) is 18.2 Å². The summed E-state index contributed by atoms with van der Waals surface area (Å²) in [5.41, 5.74) is 2.20. The minimum Gasteiger partial charge on any atom is -0.392 e. The van der Waals surface area contributed by atoms with Crippen LogP contribution >= 0.6 is 0 Å². The molecule has 2 nitrogen and oxygen atoms in total. The average Bonchev–Trinajstić information content (AvgIpc) is 3.00. The summed E-state index contributed by atoms with van der Waals surface area (Å²) in [7, 11) is 2.10. The van der Waals surface area contributed by atoms with Crippen molar-refractivity contribution in [2.75, 3.05) is 11.9 Å². The average molecular weight is 177 g/mol. The first-order valence-corrected chi connectivity index (χ1v) is 4.74. The van der Waals surface area contributed by atoms with E-state index in [9.17, 15) is 0 Å². The van der Waals surface area contributed by atoms with Crippen LogP contribution in [0.15, 0.2) is 24.3 Å². The van der Waals surface area contributed by atoms with E-state index >= 15 is 0 Å². The summed E-state index contributed by atoms with van der Waals surface area (Å²) < 4.78 is 0. The fraction of sp³-hybridized carbons (Fsp3) is 0.455. The molecule has 0 aliphatic heterocycles. The van der Waals surface area contributed by atoms with Crippen molar-refractivity contribution in [3.63, 3.8) is 0 Å². The maximum Gasteiger partial charge on any atom is 0.0702 e. The third kappa shape index (κ3) is 1.68. The molecule has 1 N–H and O–H groups in total. The molecule has 0 unspecified atom stereocenters. The molecule has 0 bridgehead atoms. The van der Waals surface area contributed by atoms with Crippen LogP contribution in [0.25, 0.3) is 0 Å². The summed E-state index contributed by atoms with van der Waals surface area (Å²) in [6.07, 6.45) is 2.58. The van der Waals surface area contributed by atoms with Crippen LogP contribution in [0.5, 0.6) is 0 Å². The Morgan fingerprint density at radius 2 is 2.08 bits per heavy atom. The van der Waals surface area contributed by atoms with Crippen molar-refractivity contribution in [3.05, 3.63) is 29.8 Å². The summed E-state index contributed by atoms with van der Waals surface area (Å²) in [5, 5.41) is 9.14. The van der Waals surface area contributed by atoms with Gasteiger partial charge >= 0.3 is 0 Å². The molecule has 70 valence electrons. The Labute approximate surface area is 78.8 Å². The molecule has 0 atom stereocenters. The normalized spacial score (nSPS) is 15.8. The van der Waals surface area contributed by atoms with Crippen molar-refractivity contribution in [1.29, 1.82) is 0 Å². The van der Waals surface area contributed by atoms with Crippen LogP contribution in [-0.2, 0) is 6.61 Å². The number of benzene rings is 1. The smallest absolute Gasteiger partial charge is 0.0702 e. The van der Waals surface area contributed by atoms with Gasteiger partial charge in [-0.2, -0.15) is 0 Å². The molecule has 1 aromatic rings. The quantitative estimate of drug-likeness (QED) is 0.760. The SMILES string of the molecule is CN(c1ccccc1CO)C1CC1. The van der Waals surface area contributed by atoms with Crippen LogP contribution in [0.3, 0.4) is 0 Å². The van der Waals surface area contributed by atoms with Gasteiger partial charge in [0.25, 0.3) is 0 Å². The van der Waals surface area contributed by atoms with Crippen LogP contribution in [0, 0.1) is 0 Å². The van der Waals surface area contributed by atoms with Crippen molar-refractivity contribution < 1.29 is 5.11 Å². The van der Waals surface area contributed by atoms with Crippen molar-refractivity contribution in [1.82, 2.24) is 0 Å². The molecule has 2 rings (SSSR count). The molecule has 2 heteroatoms. The lowest BCUT2D eigenvalue weighted by Crippen LogP contribution is -2.20. The fourth-order valence-electron chi connectivity index (χ4n) is 1.65. The van der Waals surface area contributed by atoms with E-state index in [4.69, 9.17) is 5.11 Å². The van der Waals surface area contributed by atoms with Gasteiger partial charge in [0.1, 0.15) is 0 Å². The third-order valence-corrected chi connectivity index (χ3v) is 2.64. The van der Waals surface area contributed by atoms with Crippen molar-refractivity contribution >= 4 is 5.69 Å². The van der Waals surface area contributed by atoms with E-state index in [-0.39, 0.29) is 6.61 Å².